The van der Waals surface area contributed by atoms with E-state index >= 15 is 0 Å². The van der Waals surface area contributed by atoms with Crippen LogP contribution in [0.5, 0.6) is 0 Å². The number of likely N-dealkylation sites (tertiary alicyclic amines) is 1. The molecule has 1 unspecified atom stereocenters. The van der Waals surface area contributed by atoms with Crippen molar-refractivity contribution in [2.75, 3.05) is 19.6 Å². The van der Waals surface area contributed by atoms with Crippen LogP contribution in [0.15, 0.2) is 18.3 Å². The van der Waals surface area contributed by atoms with Crippen molar-refractivity contribution < 1.29 is 9.59 Å². The molecule has 1 saturated heterocycles. The number of rotatable bonds is 4. The maximum atomic E-state index is 11.9. The van der Waals surface area contributed by atoms with Gasteiger partial charge in [-0.15, -0.1) is 0 Å². The predicted molar refractivity (Wildman–Crippen MR) is 65.0 cm³/mol. The number of hydrogen-bond acceptors (Lipinski definition) is 3. The highest BCUT2D eigenvalue weighted by Gasteiger charge is 2.26. The molecule has 1 aromatic heterocycles. The molecule has 17 heavy (non-hydrogen) atoms. The van der Waals surface area contributed by atoms with E-state index in [2.05, 4.69) is 9.88 Å². The fourth-order valence-electron chi connectivity index (χ4n) is 2.27. The van der Waals surface area contributed by atoms with Crippen molar-refractivity contribution in [3.63, 3.8) is 0 Å². The van der Waals surface area contributed by atoms with Gasteiger partial charge in [-0.1, -0.05) is 6.92 Å². The van der Waals surface area contributed by atoms with Crippen molar-refractivity contribution in [1.82, 2.24) is 9.88 Å². The third-order valence-corrected chi connectivity index (χ3v) is 3.37. The first kappa shape index (κ1) is 12.0. The van der Waals surface area contributed by atoms with Gasteiger partial charge in [0, 0.05) is 31.6 Å². The second-order valence-electron chi connectivity index (χ2n) is 4.56. The van der Waals surface area contributed by atoms with E-state index in [1.807, 2.05) is 13.0 Å². The van der Waals surface area contributed by atoms with E-state index in [1.54, 1.807) is 12.3 Å². The molecule has 1 aromatic rings. The first-order valence-corrected chi connectivity index (χ1v) is 6.12. The topological polar surface area (TPSA) is 53.2 Å². The van der Waals surface area contributed by atoms with Gasteiger partial charge in [0.2, 0.25) is 0 Å². The van der Waals surface area contributed by atoms with Gasteiger partial charge in [-0.2, -0.15) is 0 Å². The third kappa shape index (κ3) is 2.82. The largest absolute Gasteiger partial charge is 0.359 e. The van der Waals surface area contributed by atoms with Crippen LogP contribution in [0, 0.1) is 5.92 Å². The first-order chi connectivity index (χ1) is 8.20. The van der Waals surface area contributed by atoms with Crippen LogP contribution < -0.4 is 0 Å². The van der Waals surface area contributed by atoms with E-state index in [9.17, 15) is 9.59 Å². The van der Waals surface area contributed by atoms with Crippen molar-refractivity contribution in [1.29, 1.82) is 0 Å². The molecule has 1 fully saturated rings. The Morgan fingerprint density at radius 2 is 2.41 bits per heavy atom. The Labute approximate surface area is 101 Å². The third-order valence-electron chi connectivity index (χ3n) is 3.37. The molecule has 0 saturated carbocycles. The Kier molecular flexibility index (Phi) is 3.74. The number of carbonyl (C=O) groups is 2. The van der Waals surface area contributed by atoms with E-state index in [4.69, 9.17) is 0 Å². The number of nitrogens with one attached hydrogen (secondary N) is 1. The highest BCUT2D eigenvalue weighted by atomic mass is 16.1. The van der Waals surface area contributed by atoms with E-state index in [0.29, 0.717) is 31.0 Å². The maximum Gasteiger partial charge on any atom is 0.192 e. The quantitative estimate of drug-likeness (QED) is 0.803. The highest BCUT2D eigenvalue weighted by Crippen LogP contribution is 2.16. The van der Waals surface area contributed by atoms with Crippen molar-refractivity contribution in [2.24, 2.45) is 5.92 Å². The van der Waals surface area contributed by atoms with Gasteiger partial charge in [0.25, 0.3) is 0 Å². The molecule has 1 aliphatic heterocycles. The minimum absolute atomic E-state index is 0.0965. The molecular formula is C13H18N2O2. The van der Waals surface area contributed by atoms with Crippen molar-refractivity contribution in [3.8, 4) is 0 Å². The number of piperidine rings is 1. The highest BCUT2D eigenvalue weighted by molar-refractivity contribution is 5.96. The molecule has 2 rings (SSSR count). The fourth-order valence-corrected chi connectivity index (χ4v) is 2.27. The Balaban J connectivity index is 1.92. The zero-order chi connectivity index (χ0) is 12.3. The summed E-state index contributed by atoms with van der Waals surface area (Å²) in [6.07, 6.45) is 3.20. The number of nitrogens with zero attached hydrogens (tertiary/aromatic N) is 1. The van der Waals surface area contributed by atoms with Crippen LogP contribution in [0.1, 0.15) is 30.3 Å². The smallest absolute Gasteiger partial charge is 0.192 e. The normalized spacial score (nSPS) is 21.7. The average molecular weight is 234 g/mol. The fraction of sp³-hybridized carbons (Fsp3) is 0.538. The minimum atomic E-state index is 0.0965. The molecule has 0 aromatic carbocycles. The van der Waals surface area contributed by atoms with E-state index in [0.717, 1.165) is 13.0 Å². The lowest BCUT2D eigenvalue weighted by Gasteiger charge is -2.30. The molecule has 0 bridgehead atoms. The molecule has 0 amide bonds. The summed E-state index contributed by atoms with van der Waals surface area (Å²) in [5, 5.41) is 0. The Hall–Kier alpha value is -1.42. The molecule has 92 valence electrons. The van der Waals surface area contributed by atoms with Crippen LogP contribution in [0.2, 0.25) is 0 Å². The first-order valence-electron chi connectivity index (χ1n) is 6.12. The van der Waals surface area contributed by atoms with Gasteiger partial charge < -0.3 is 4.98 Å². The number of H-pyrrole nitrogens is 1. The summed E-state index contributed by atoms with van der Waals surface area (Å²) >= 11 is 0. The summed E-state index contributed by atoms with van der Waals surface area (Å²) in [5.41, 5.74) is 0.648. The molecule has 1 aliphatic rings. The molecule has 1 N–H and O–H groups in total. The van der Waals surface area contributed by atoms with Gasteiger partial charge in [0.1, 0.15) is 5.78 Å². The summed E-state index contributed by atoms with van der Waals surface area (Å²) in [7, 11) is 0. The molecular weight excluding hydrogens is 216 g/mol. The number of carbonyl (C=O) groups excluding carboxylic acids is 2. The summed E-state index contributed by atoms with van der Waals surface area (Å²) in [6, 6.07) is 3.61. The van der Waals surface area contributed by atoms with Crippen LogP contribution in [-0.4, -0.2) is 41.1 Å². The minimum Gasteiger partial charge on any atom is -0.359 e. The van der Waals surface area contributed by atoms with Crippen LogP contribution in [0.4, 0.5) is 0 Å². The molecule has 0 radical (unpaired) electrons. The molecule has 0 aliphatic carbocycles. The van der Waals surface area contributed by atoms with Crippen LogP contribution in [-0.2, 0) is 4.79 Å². The molecule has 2 heterocycles. The second-order valence-corrected chi connectivity index (χ2v) is 4.56. The number of aromatic amines is 1. The Bertz CT molecular complexity index is 398. The van der Waals surface area contributed by atoms with Crippen molar-refractivity contribution in [3.05, 3.63) is 24.0 Å². The number of ketones is 2. The number of aromatic nitrogens is 1. The molecule has 1 atom stereocenters. The van der Waals surface area contributed by atoms with Crippen LogP contribution in [0.3, 0.4) is 0 Å². The van der Waals surface area contributed by atoms with E-state index in [-0.39, 0.29) is 11.7 Å². The van der Waals surface area contributed by atoms with Gasteiger partial charge >= 0.3 is 0 Å². The lowest BCUT2D eigenvalue weighted by atomic mass is 9.94. The monoisotopic (exact) mass is 234 g/mol. The van der Waals surface area contributed by atoms with Crippen molar-refractivity contribution >= 4 is 11.6 Å². The van der Waals surface area contributed by atoms with Crippen LogP contribution >= 0.6 is 0 Å². The molecule has 4 nitrogen and oxygen atoms in total. The van der Waals surface area contributed by atoms with Gasteiger partial charge in [-0.25, -0.2) is 0 Å². The summed E-state index contributed by atoms with van der Waals surface area (Å²) in [6.45, 7) is 3.87. The zero-order valence-corrected chi connectivity index (χ0v) is 10.1. The van der Waals surface area contributed by atoms with Gasteiger partial charge in [-0.05, 0) is 18.6 Å². The standard InChI is InChI=1S/C13H18N2O2/c1-2-10-8-15(7-5-12(10)16)9-13(17)11-4-3-6-14-11/h3-4,6,10,14H,2,5,7-9H2,1H3. The lowest BCUT2D eigenvalue weighted by Crippen LogP contribution is -2.43. The summed E-state index contributed by atoms with van der Waals surface area (Å²) in [4.78, 5) is 28.5. The summed E-state index contributed by atoms with van der Waals surface area (Å²) in [5.74, 6) is 0.551. The van der Waals surface area contributed by atoms with Gasteiger partial charge in [0.05, 0.1) is 12.2 Å². The second kappa shape index (κ2) is 5.27. The zero-order valence-electron chi connectivity index (χ0n) is 10.1. The lowest BCUT2D eigenvalue weighted by molar-refractivity contribution is -0.126. The van der Waals surface area contributed by atoms with Gasteiger partial charge in [-0.3, -0.25) is 14.5 Å². The summed E-state index contributed by atoms with van der Waals surface area (Å²) < 4.78 is 0. The van der Waals surface area contributed by atoms with Gasteiger partial charge in [0.15, 0.2) is 5.78 Å². The number of hydrogen-bond donors (Lipinski definition) is 1. The molecule has 4 heteroatoms. The predicted octanol–water partition coefficient (Wildman–Crippen LogP) is 1.50. The average Bonchev–Trinajstić information content (AvgIpc) is 2.85. The Morgan fingerprint density at radius 1 is 1.59 bits per heavy atom. The van der Waals surface area contributed by atoms with E-state index < -0.39 is 0 Å². The maximum absolute atomic E-state index is 11.9. The molecule has 0 spiro atoms. The van der Waals surface area contributed by atoms with Crippen molar-refractivity contribution in [2.45, 2.75) is 19.8 Å². The van der Waals surface area contributed by atoms with Crippen LogP contribution in [0.25, 0.3) is 0 Å². The number of Topliss-reactive ketones (excluding diaryl/α,β-unsaturated/α-hetero) is 2. The van der Waals surface area contributed by atoms with E-state index in [1.165, 1.54) is 0 Å². The SMILES string of the molecule is CCC1CN(CC(=O)c2ccc[nH]2)CCC1=O. The Morgan fingerprint density at radius 3 is 3.06 bits per heavy atom.